The molecule has 0 atom stereocenters. The molecule has 0 aliphatic rings. The van der Waals surface area contributed by atoms with Crippen LogP contribution in [0.3, 0.4) is 0 Å². The van der Waals surface area contributed by atoms with Crippen molar-refractivity contribution >= 4 is 23.8 Å². The molecule has 0 aliphatic carbocycles. The van der Waals surface area contributed by atoms with E-state index in [1.165, 1.54) is 55.6 Å². The topological polar surface area (TPSA) is 0 Å². The summed E-state index contributed by atoms with van der Waals surface area (Å²) < 4.78 is 0. The van der Waals surface area contributed by atoms with Crippen molar-refractivity contribution < 1.29 is 0 Å². The SMILES string of the molecule is CC(C)(C)c1ccc(/C=C(/c2ccccc2)c2ccc(-c3ccc(/C=C/c4ccc(C(C)(C)C)cc4)cc3)cc2)cc1. The van der Waals surface area contributed by atoms with E-state index in [4.69, 9.17) is 0 Å². The zero-order valence-corrected chi connectivity index (χ0v) is 25.9. The summed E-state index contributed by atoms with van der Waals surface area (Å²) in [6, 6.07) is 46.2. The van der Waals surface area contributed by atoms with Crippen molar-refractivity contribution in [2.24, 2.45) is 0 Å². The van der Waals surface area contributed by atoms with Gasteiger partial charge in [-0.1, -0.05) is 181 Å². The highest BCUT2D eigenvalue weighted by molar-refractivity contribution is 5.92. The number of hydrogen-bond donors (Lipinski definition) is 0. The van der Waals surface area contributed by atoms with Crippen LogP contribution in [-0.2, 0) is 10.8 Å². The molecule has 5 aromatic carbocycles. The first kappa shape index (κ1) is 29.1. The zero-order valence-electron chi connectivity index (χ0n) is 25.9. The quantitative estimate of drug-likeness (QED) is 0.186. The third kappa shape index (κ3) is 7.25. The van der Waals surface area contributed by atoms with Crippen LogP contribution in [0.4, 0.5) is 0 Å². The van der Waals surface area contributed by atoms with Gasteiger partial charge in [0.05, 0.1) is 0 Å². The Morgan fingerprint density at radius 2 is 0.786 bits per heavy atom. The number of benzene rings is 5. The van der Waals surface area contributed by atoms with E-state index in [1.807, 2.05) is 0 Å². The van der Waals surface area contributed by atoms with Gasteiger partial charge in [-0.2, -0.15) is 0 Å². The van der Waals surface area contributed by atoms with Gasteiger partial charge in [0.2, 0.25) is 0 Å². The largest absolute Gasteiger partial charge is 0.0622 e. The highest BCUT2D eigenvalue weighted by Gasteiger charge is 2.14. The van der Waals surface area contributed by atoms with Gasteiger partial charge >= 0.3 is 0 Å². The van der Waals surface area contributed by atoms with Crippen LogP contribution in [0.2, 0.25) is 0 Å². The Bertz CT molecular complexity index is 1650. The van der Waals surface area contributed by atoms with Gasteiger partial charge in [0, 0.05) is 0 Å². The second-order valence-corrected chi connectivity index (χ2v) is 13.2. The van der Waals surface area contributed by atoms with Crippen LogP contribution < -0.4 is 0 Å². The molecule has 0 amide bonds. The van der Waals surface area contributed by atoms with Crippen molar-refractivity contribution in [1.82, 2.24) is 0 Å². The molecule has 0 aliphatic heterocycles. The molecule has 0 fully saturated rings. The van der Waals surface area contributed by atoms with Crippen LogP contribution in [0.25, 0.3) is 34.9 Å². The van der Waals surface area contributed by atoms with E-state index in [-0.39, 0.29) is 10.8 Å². The molecule has 0 unspecified atom stereocenters. The summed E-state index contributed by atoms with van der Waals surface area (Å²) in [5.41, 5.74) is 12.7. The van der Waals surface area contributed by atoms with Crippen molar-refractivity contribution in [3.05, 3.63) is 166 Å². The summed E-state index contributed by atoms with van der Waals surface area (Å²) in [6.07, 6.45) is 6.67. The molecule has 0 saturated carbocycles. The number of rotatable bonds is 6. The van der Waals surface area contributed by atoms with Crippen LogP contribution in [0.15, 0.2) is 127 Å². The van der Waals surface area contributed by atoms with E-state index >= 15 is 0 Å². The first-order chi connectivity index (χ1) is 20.1. The van der Waals surface area contributed by atoms with Gasteiger partial charge in [-0.25, -0.2) is 0 Å². The summed E-state index contributed by atoms with van der Waals surface area (Å²) in [6.45, 7) is 13.5. The maximum absolute atomic E-state index is 2.30. The molecule has 210 valence electrons. The van der Waals surface area contributed by atoms with Gasteiger partial charge in [0.15, 0.2) is 0 Å². The van der Waals surface area contributed by atoms with Crippen LogP contribution in [-0.4, -0.2) is 0 Å². The van der Waals surface area contributed by atoms with Gasteiger partial charge < -0.3 is 0 Å². The molecule has 0 nitrogen and oxygen atoms in total. The molecule has 0 heteroatoms. The van der Waals surface area contributed by atoms with Gasteiger partial charge in [-0.15, -0.1) is 0 Å². The predicted octanol–water partition coefficient (Wildman–Crippen LogP) is 11.7. The normalized spacial score (nSPS) is 12.6. The van der Waals surface area contributed by atoms with Gasteiger partial charge in [0.25, 0.3) is 0 Å². The fourth-order valence-corrected chi connectivity index (χ4v) is 5.11. The minimum absolute atomic E-state index is 0.146. The van der Waals surface area contributed by atoms with Crippen molar-refractivity contribution in [2.75, 3.05) is 0 Å². The molecule has 0 bridgehead atoms. The maximum Gasteiger partial charge on any atom is -0.0105 e. The fraction of sp³-hybridized carbons (Fsp3) is 0.190. The highest BCUT2D eigenvalue weighted by Crippen LogP contribution is 2.30. The molecule has 0 N–H and O–H groups in total. The Morgan fingerprint density at radius 3 is 1.24 bits per heavy atom. The Kier molecular flexibility index (Phi) is 8.46. The molecule has 5 rings (SSSR count). The number of hydrogen-bond acceptors (Lipinski definition) is 0. The predicted molar refractivity (Wildman–Crippen MR) is 185 cm³/mol. The molecule has 0 saturated heterocycles. The first-order valence-electron chi connectivity index (χ1n) is 14.9. The summed E-state index contributed by atoms with van der Waals surface area (Å²) in [5.74, 6) is 0. The third-order valence-corrected chi connectivity index (χ3v) is 7.86. The van der Waals surface area contributed by atoms with Gasteiger partial charge in [0.1, 0.15) is 0 Å². The van der Waals surface area contributed by atoms with Gasteiger partial charge in [-0.05, 0) is 72.6 Å². The van der Waals surface area contributed by atoms with Crippen LogP contribution in [0.1, 0.15) is 80.5 Å². The van der Waals surface area contributed by atoms with E-state index in [0.29, 0.717) is 0 Å². The molecule has 0 radical (unpaired) electrons. The van der Waals surface area contributed by atoms with Crippen LogP contribution >= 0.6 is 0 Å². The maximum atomic E-state index is 2.30. The zero-order chi connectivity index (χ0) is 29.7. The Balaban J connectivity index is 1.35. The molecular weight excluding hydrogens is 504 g/mol. The molecule has 0 heterocycles. The lowest BCUT2D eigenvalue weighted by molar-refractivity contribution is 0.590. The Labute approximate surface area is 253 Å². The van der Waals surface area contributed by atoms with Crippen LogP contribution in [0, 0.1) is 0 Å². The molecule has 42 heavy (non-hydrogen) atoms. The minimum atomic E-state index is 0.146. The molecule has 0 spiro atoms. The second kappa shape index (κ2) is 12.2. The van der Waals surface area contributed by atoms with Crippen molar-refractivity contribution in [2.45, 2.75) is 52.4 Å². The molecule has 5 aromatic rings. The second-order valence-electron chi connectivity index (χ2n) is 13.2. The fourth-order valence-electron chi connectivity index (χ4n) is 5.11. The summed E-state index contributed by atoms with van der Waals surface area (Å²) in [4.78, 5) is 0. The van der Waals surface area contributed by atoms with Crippen molar-refractivity contribution in [3.8, 4) is 11.1 Å². The first-order valence-corrected chi connectivity index (χ1v) is 14.9. The van der Waals surface area contributed by atoms with E-state index in [0.717, 1.165) is 0 Å². The summed E-state index contributed by atoms with van der Waals surface area (Å²) in [5, 5.41) is 0. The van der Waals surface area contributed by atoms with E-state index < -0.39 is 0 Å². The van der Waals surface area contributed by atoms with E-state index in [9.17, 15) is 0 Å². The molecular formula is C42H42. The minimum Gasteiger partial charge on any atom is -0.0622 e. The average molecular weight is 547 g/mol. The monoisotopic (exact) mass is 546 g/mol. The Morgan fingerprint density at radius 1 is 0.405 bits per heavy atom. The lowest BCUT2D eigenvalue weighted by Crippen LogP contribution is -2.10. The van der Waals surface area contributed by atoms with E-state index in [2.05, 4.69) is 187 Å². The van der Waals surface area contributed by atoms with Crippen molar-refractivity contribution in [1.29, 1.82) is 0 Å². The Hall–Kier alpha value is -4.42. The third-order valence-electron chi connectivity index (χ3n) is 7.86. The lowest BCUT2D eigenvalue weighted by Gasteiger charge is -2.19. The van der Waals surface area contributed by atoms with E-state index in [1.54, 1.807) is 0 Å². The smallest absolute Gasteiger partial charge is 0.0105 e. The summed E-state index contributed by atoms with van der Waals surface area (Å²) in [7, 11) is 0. The van der Waals surface area contributed by atoms with Gasteiger partial charge in [-0.3, -0.25) is 0 Å². The molecule has 0 aromatic heterocycles. The standard InChI is InChI=1S/C42H42/c1-41(2,3)38-26-16-32(17-27-38)13-12-31-14-20-34(21-15-31)35-22-24-37(25-23-35)40(36-10-8-7-9-11-36)30-33-18-28-39(29-19-33)42(4,5)6/h7-30H,1-6H3/b13-12+,40-30-. The van der Waals surface area contributed by atoms with Crippen LogP contribution in [0.5, 0.6) is 0 Å². The van der Waals surface area contributed by atoms with Crippen molar-refractivity contribution in [3.63, 3.8) is 0 Å². The average Bonchev–Trinajstić information content (AvgIpc) is 2.99. The lowest BCUT2D eigenvalue weighted by atomic mass is 9.86. The summed E-state index contributed by atoms with van der Waals surface area (Å²) >= 11 is 0. The highest BCUT2D eigenvalue weighted by atomic mass is 14.2.